The van der Waals surface area contributed by atoms with E-state index in [4.69, 9.17) is 19.2 Å². The summed E-state index contributed by atoms with van der Waals surface area (Å²) >= 11 is 0. The highest BCUT2D eigenvalue weighted by atomic mass is 16.6. The summed E-state index contributed by atoms with van der Waals surface area (Å²) in [6.45, 7) is 2.05. The van der Waals surface area contributed by atoms with E-state index < -0.39 is 0 Å². The number of hydrogen-bond acceptors (Lipinski definition) is 7. The lowest BCUT2D eigenvalue weighted by Crippen LogP contribution is -2.39. The van der Waals surface area contributed by atoms with Crippen LogP contribution in [-0.2, 0) is 22.3 Å². The van der Waals surface area contributed by atoms with Crippen molar-refractivity contribution in [2.45, 2.75) is 37.7 Å². The molecule has 2 fully saturated rings. The smallest absolute Gasteiger partial charge is 0.254 e. The Kier molecular flexibility index (Phi) is 5.50. The second kappa shape index (κ2) is 8.81. The van der Waals surface area contributed by atoms with Gasteiger partial charge in [-0.1, -0.05) is 0 Å². The van der Waals surface area contributed by atoms with E-state index in [1.165, 1.54) is 5.56 Å². The van der Waals surface area contributed by atoms with Crippen LogP contribution in [0.5, 0.6) is 5.75 Å². The number of fused-ring (bicyclic) bond motifs is 3. The van der Waals surface area contributed by atoms with E-state index in [0.717, 1.165) is 53.9 Å². The van der Waals surface area contributed by atoms with Gasteiger partial charge in [0.05, 0.1) is 56.2 Å². The molecule has 1 aromatic carbocycles. The molecule has 3 aliphatic rings. The summed E-state index contributed by atoms with van der Waals surface area (Å²) in [5.74, 6) is 1.47. The molecule has 6 rings (SSSR count). The molecule has 9 heteroatoms. The van der Waals surface area contributed by atoms with Gasteiger partial charge in [0, 0.05) is 24.2 Å². The van der Waals surface area contributed by atoms with Crippen molar-refractivity contribution in [3.8, 4) is 23.0 Å². The molecule has 1 saturated heterocycles. The summed E-state index contributed by atoms with van der Waals surface area (Å²) in [5.41, 5.74) is 5.81. The number of carbonyl (C=O) groups is 1. The average Bonchev–Trinajstić information content (AvgIpc) is 3.64. The van der Waals surface area contributed by atoms with Crippen LogP contribution in [0.2, 0.25) is 0 Å². The topological polar surface area (TPSA) is 100 Å². The van der Waals surface area contributed by atoms with E-state index in [2.05, 4.69) is 27.5 Å². The van der Waals surface area contributed by atoms with Crippen LogP contribution in [0, 0.1) is 0 Å². The Balaban J connectivity index is 1.30. The maximum atomic E-state index is 13.0. The first-order valence-corrected chi connectivity index (χ1v) is 11.8. The Hall–Kier alpha value is -3.30. The van der Waals surface area contributed by atoms with E-state index in [0.29, 0.717) is 37.9 Å². The molecule has 1 atom stereocenters. The standard InChI is InChI=1S/C25H27N5O4/c1-32-18-6-7-20-16(10-18)4-5-17-11-27-25(29-22(17)20)30-23(15-2-3-15)21(13-28-30)24(31)26-12-19-14-33-8-9-34-19/h6-7,10-11,13,15,19H,2-5,8-9,12,14H2,1H3,(H,26,31)/t19-/m0/s1. The molecule has 0 spiro atoms. The Labute approximate surface area is 197 Å². The molecular weight excluding hydrogens is 434 g/mol. The molecule has 1 amide bonds. The Bertz CT molecular complexity index is 1230. The van der Waals surface area contributed by atoms with Gasteiger partial charge >= 0.3 is 0 Å². The summed E-state index contributed by atoms with van der Waals surface area (Å²) in [6, 6.07) is 6.10. The lowest BCUT2D eigenvalue weighted by molar-refractivity contribution is -0.0855. The fourth-order valence-electron chi connectivity index (χ4n) is 4.72. The van der Waals surface area contributed by atoms with Gasteiger partial charge in [0.1, 0.15) is 5.75 Å². The number of nitrogens with zero attached hydrogens (tertiary/aromatic N) is 4. The van der Waals surface area contributed by atoms with Gasteiger partial charge in [0.15, 0.2) is 0 Å². The van der Waals surface area contributed by atoms with Gasteiger partial charge in [0.25, 0.3) is 11.9 Å². The Morgan fingerprint density at radius 3 is 2.88 bits per heavy atom. The molecule has 3 aromatic rings. The Morgan fingerprint density at radius 1 is 1.21 bits per heavy atom. The number of nitrogens with one attached hydrogen (secondary N) is 1. The summed E-state index contributed by atoms with van der Waals surface area (Å²) < 4.78 is 18.2. The van der Waals surface area contributed by atoms with Gasteiger partial charge in [-0.05, 0) is 55.0 Å². The zero-order valence-electron chi connectivity index (χ0n) is 19.1. The molecule has 0 bridgehead atoms. The van der Waals surface area contributed by atoms with Crippen molar-refractivity contribution in [3.05, 3.63) is 53.0 Å². The van der Waals surface area contributed by atoms with E-state index in [-0.39, 0.29) is 17.9 Å². The summed E-state index contributed by atoms with van der Waals surface area (Å²) in [4.78, 5) is 22.6. The van der Waals surface area contributed by atoms with Crippen LogP contribution in [0.3, 0.4) is 0 Å². The van der Waals surface area contributed by atoms with Gasteiger partial charge in [-0.3, -0.25) is 4.79 Å². The van der Waals surface area contributed by atoms with E-state index in [1.54, 1.807) is 18.0 Å². The van der Waals surface area contributed by atoms with Crippen LogP contribution in [0.4, 0.5) is 0 Å². The number of hydrogen-bond donors (Lipinski definition) is 1. The van der Waals surface area contributed by atoms with Gasteiger partial charge in [-0.2, -0.15) is 5.10 Å². The number of amides is 1. The first kappa shape index (κ1) is 21.2. The summed E-state index contributed by atoms with van der Waals surface area (Å²) in [6.07, 6.45) is 7.26. The minimum absolute atomic E-state index is 0.125. The van der Waals surface area contributed by atoms with Gasteiger partial charge in [0.2, 0.25) is 0 Å². The molecular formula is C25H27N5O4. The number of aryl methyl sites for hydroxylation is 2. The quantitative estimate of drug-likeness (QED) is 0.602. The van der Waals surface area contributed by atoms with Gasteiger partial charge in [-0.25, -0.2) is 14.6 Å². The first-order valence-electron chi connectivity index (χ1n) is 11.8. The van der Waals surface area contributed by atoms with Crippen molar-refractivity contribution in [2.75, 3.05) is 33.5 Å². The van der Waals surface area contributed by atoms with Crippen molar-refractivity contribution in [2.24, 2.45) is 0 Å². The zero-order valence-corrected chi connectivity index (χ0v) is 19.1. The van der Waals surface area contributed by atoms with Crippen molar-refractivity contribution in [3.63, 3.8) is 0 Å². The number of rotatable bonds is 6. The highest BCUT2D eigenvalue weighted by Crippen LogP contribution is 2.42. The lowest BCUT2D eigenvalue weighted by atomic mass is 9.90. The van der Waals surface area contributed by atoms with Gasteiger partial charge < -0.3 is 19.5 Å². The van der Waals surface area contributed by atoms with E-state index >= 15 is 0 Å². The minimum Gasteiger partial charge on any atom is -0.497 e. The monoisotopic (exact) mass is 461 g/mol. The van der Waals surface area contributed by atoms with Crippen molar-refractivity contribution in [1.29, 1.82) is 0 Å². The fraction of sp³-hybridized carbons (Fsp3) is 0.440. The SMILES string of the molecule is COc1ccc2c(c1)CCc1cnc(-n3ncc(C(=O)NC[C@H]4COCCO4)c3C3CC3)nc1-2. The predicted octanol–water partition coefficient (Wildman–Crippen LogP) is 2.46. The average molecular weight is 462 g/mol. The third-order valence-electron chi connectivity index (χ3n) is 6.66. The molecule has 1 N–H and O–H groups in total. The number of carbonyl (C=O) groups excluding carboxylic acids is 1. The molecule has 34 heavy (non-hydrogen) atoms. The Morgan fingerprint density at radius 2 is 2.09 bits per heavy atom. The second-order valence-electron chi connectivity index (χ2n) is 8.97. The zero-order chi connectivity index (χ0) is 23.1. The molecule has 0 radical (unpaired) electrons. The summed E-state index contributed by atoms with van der Waals surface area (Å²) in [7, 11) is 1.68. The maximum Gasteiger partial charge on any atom is 0.254 e. The molecule has 3 heterocycles. The van der Waals surface area contributed by atoms with Crippen LogP contribution in [0.1, 0.15) is 45.9 Å². The van der Waals surface area contributed by atoms with E-state index in [9.17, 15) is 4.79 Å². The minimum atomic E-state index is -0.155. The molecule has 9 nitrogen and oxygen atoms in total. The maximum absolute atomic E-state index is 13.0. The van der Waals surface area contributed by atoms with Crippen LogP contribution in [-0.4, -0.2) is 65.2 Å². The van der Waals surface area contributed by atoms with Crippen LogP contribution in [0.25, 0.3) is 17.2 Å². The molecule has 2 aliphatic carbocycles. The molecule has 176 valence electrons. The fourth-order valence-corrected chi connectivity index (χ4v) is 4.72. The predicted molar refractivity (Wildman–Crippen MR) is 123 cm³/mol. The highest BCUT2D eigenvalue weighted by molar-refractivity contribution is 5.95. The third-order valence-corrected chi connectivity index (χ3v) is 6.66. The van der Waals surface area contributed by atoms with Crippen LogP contribution >= 0.6 is 0 Å². The van der Waals surface area contributed by atoms with E-state index in [1.807, 2.05) is 12.3 Å². The van der Waals surface area contributed by atoms with Crippen LogP contribution < -0.4 is 10.1 Å². The third kappa shape index (κ3) is 3.95. The number of benzene rings is 1. The molecule has 1 aliphatic heterocycles. The van der Waals surface area contributed by atoms with Gasteiger partial charge in [-0.15, -0.1) is 0 Å². The summed E-state index contributed by atoms with van der Waals surface area (Å²) in [5, 5.41) is 7.53. The first-order chi connectivity index (χ1) is 16.7. The number of methoxy groups -OCH3 is 1. The molecule has 0 unspecified atom stereocenters. The highest BCUT2D eigenvalue weighted by Gasteiger charge is 2.34. The van der Waals surface area contributed by atoms with Crippen molar-refractivity contribution < 1.29 is 19.0 Å². The second-order valence-corrected chi connectivity index (χ2v) is 8.97. The van der Waals surface area contributed by atoms with Crippen LogP contribution in [0.15, 0.2) is 30.6 Å². The molecule has 1 saturated carbocycles. The van der Waals surface area contributed by atoms with Crippen molar-refractivity contribution >= 4 is 5.91 Å². The lowest BCUT2D eigenvalue weighted by Gasteiger charge is -2.23. The normalized spacial score (nSPS) is 19.3. The molecule has 2 aromatic heterocycles. The number of aromatic nitrogens is 4. The van der Waals surface area contributed by atoms with Crippen molar-refractivity contribution in [1.82, 2.24) is 25.1 Å². The number of ether oxygens (including phenoxy) is 3. The largest absolute Gasteiger partial charge is 0.497 e.